The Morgan fingerprint density at radius 1 is 1.00 bits per heavy atom. The molecule has 3 rings (SSSR count). The first kappa shape index (κ1) is 25.1. The predicted octanol–water partition coefficient (Wildman–Crippen LogP) is 7.12. The molecule has 0 aliphatic carbocycles. The molecule has 2 aromatic carbocycles. The molecular formula is C23H18F7NO3. The van der Waals surface area contributed by atoms with Gasteiger partial charge in [0.1, 0.15) is 29.4 Å². The number of furan rings is 1. The molecule has 182 valence electrons. The van der Waals surface area contributed by atoms with E-state index in [0.29, 0.717) is 5.75 Å². The standard InChI is InChI=1S/C23H18F7NO3/c1-10(2)13-6-4-11(3)8-15(13)33-9-12-5-7-14(34-12)22(32)31-21-19(26)17(24)16(23(28,29)30)18(25)20(21)27/h4-8,10H,9H2,1-3H3,(H,31,32). The van der Waals surface area contributed by atoms with Crippen molar-refractivity contribution in [2.45, 2.75) is 39.5 Å². The Hall–Kier alpha value is -3.50. The monoisotopic (exact) mass is 489 g/mol. The van der Waals surface area contributed by atoms with Gasteiger partial charge in [0, 0.05) is 0 Å². The third kappa shape index (κ3) is 5.02. The lowest BCUT2D eigenvalue weighted by Gasteiger charge is -2.14. The van der Waals surface area contributed by atoms with E-state index in [1.165, 1.54) is 11.4 Å². The number of benzene rings is 2. The Morgan fingerprint density at radius 2 is 1.62 bits per heavy atom. The van der Waals surface area contributed by atoms with Crippen LogP contribution in [-0.4, -0.2) is 5.91 Å². The van der Waals surface area contributed by atoms with E-state index < -0.39 is 52.4 Å². The van der Waals surface area contributed by atoms with Crippen molar-refractivity contribution < 1.29 is 44.7 Å². The zero-order valence-electron chi connectivity index (χ0n) is 18.0. The highest BCUT2D eigenvalue weighted by molar-refractivity contribution is 6.02. The SMILES string of the molecule is Cc1ccc(C(C)C)c(OCc2ccc(C(=O)Nc3c(F)c(F)c(C(F)(F)F)c(F)c3F)o2)c1. The lowest BCUT2D eigenvalue weighted by Crippen LogP contribution is -2.20. The summed E-state index contributed by atoms with van der Waals surface area (Å²) in [4.78, 5) is 12.3. The van der Waals surface area contributed by atoms with Crippen LogP contribution in [0.1, 0.15) is 52.8 Å². The van der Waals surface area contributed by atoms with Crippen molar-refractivity contribution in [3.05, 3.63) is 81.8 Å². The highest BCUT2D eigenvalue weighted by Gasteiger charge is 2.42. The molecule has 0 unspecified atom stereocenters. The number of ether oxygens (including phenoxy) is 1. The van der Waals surface area contributed by atoms with Crippen molar-refractivity contribution in [1.29, 1.82) is 0 Å². The number of carbonyl (C=O) groups excluding carboxylic acids is 1. The molecule has 1 N–H and O–H groups in total. The number of carbonyl (C=O) groups is 1. The minimum atomic E-state index is -5.69. The van der Waals surface area contributed by atoms with E-state index in [4.69, 9.17) is 9.15 Å². The number of halogens is 7. The maximum Gasteiger partial charge on any atom is 0.422 e. The van der Waals surface area contributed by atoms with Gasteiger partial charge in [0.2, 0.25) is 0 Å². The molecule has 4 nitrogen and oxygen atoms in total. The number of aryl methyl sites for hydroxylation is 1. The van der Waals surface area contributed by atoms with Crippen LogP contribution < -0.4 is 10.1 Å². The van der Waals surface area contributed by atoms with Crippen LogP contribution in [-0.2, 0) is 12.8 Å². The Kier molecular flexibility index (Phi) is 6.94. The van der Waals surface area contributed by atoms with Crippen molar-refractivity contribution in [1.82, 2.24) is 0 Å². The summed E-state index contributed by atoms with van der Waals surface area (Å²) < 4.78 is 105. The largest absolute Gasteiger partial charge is 0.485 e. The van der Waals surface area contributed by atoms with Crippen LogP contribution in [0.25, 0.3) is 0 Å². The van der Waals surface area contributed by atoms with Crippen LogP contribution in [0.4, 0.5) is 36.4 Å². The van der Waals surface area contributed by atoms with Crippen molar-refractivity contribution in [3.8, 4) is 5.75 Å². The normalized spacial score (nSPS) is 11.7. The van der Waals surface area contributed by atoms with E-state index in [1.54, 1.807) is 0 Å². The molecule has 0 fully saturated rings. The van der Waals surface area contributed by atoms with Crippen molar-refractivity contribution in [2.75, 3.05) is 5.32 Å². The molecule has 11 heteroatoms. The molecule has 0 saturated heterocycles. The summed E-state index contributed by atoms with van der Waals surface area (Å²) in [6, 6.07) is 8.05. The van der Waals surface area contributed by atoms with Crippen molar-refractivity contribution in [3.63, 3.8) is 0 Å². The van der Waals surface area contributed by atoms with Gasteiger partial charge in [-0.1, -0.05) is 26.0 Å². The average Bonchev–Trinajstić information content (AvgIpc) is 3.22. The number of nitrogens with one attached hydrogen (secondary N) is 1. The number of hydrogen-bond donors (Lipinski definition) is 1. The first-order valence-electron chi connectivity index (χ1n) is 9.87. The summed E-state index contributed by atoms with van der Waals surface area (Å²) in [6.45, 7) is 5.69. The predicted molar refractivity (Wildman–Crippen MR) is 108 cm³/mol. The van der Waals surface area contributed by atoms with Gasteiger partial charge in [-0.3, -0.25) is 4.79 Å². The molecule has 0 radical (unpaired) electrons. The molecule has 0 saturated carbocycles. The molecule has 0 spiro atoms. The number of rotatable bonds is 6. The lowest BCUT2D eigenvalue weighted by molar-refractivity contribution is -0.143. The highest BCUT2D eigenvalue weighted by atomic mass is 19.4. The molecular weight excluding hydrogens is 471 g/mol. The fourth-order valence-corrected chi connectivity index (χ4v) is 3.14. The Morgan fingerprint density at radius 3 is 2.18 bits per heavy atom. The van der Waals surface area contributed by atoms with Gasteiger partial charge >= 0.3 is 6.18 Å². The lowest BCUT2D eigenvalue weighted by atomic mass is 10.0. The highest BCUT2D eigenvalue weighted by Crippen LogP contribution is 2.38. The minimum absolute atomic E-state index is 0.122. The summed E-state index contributed by atoms with van der Waals surface area (Å²) in [5.74, 6) is -11.2. The number of amides is 1. The second-order valence-corrected chi connectivity index (χ2v) is 7.71. The first-order chi connectivity index (χ1) is 15.8. The zero-order valence-corrected chi connectivity index (χ0v) is 18.0. The van der Waals surface area contributed by atoms with Crippen LogP contribution >= 0.6 is 0 Å². The van der Waals surface area contributed by atoms with Gasteiger partial charge in [-0.05, 0) is 42.2 Å². The number of hydrogen-bond acceptors (Lipinski definition) is 3. The molecule has 1 heterocycles. The maximum absolute atomic E-state index is 14.0. The number of alkyl halides is 3. The summed E-state index contributed by atoms with van der Waals surface area (Å²) in [6.07, 6.45) is -5.69. The molecule has 0 aliphatic rings. The van der Waals surface area contributed by atoms with E-state index in [-0.39, 0.29) is 18.3 Å². The quantitative estimate of drug-likeness (QED) is 0.296. The van der Waals surface area contributed by atoms with Crippen molar-refractivity contribution in [2.24, 2.45) is 0 Å². The van der Waals surface area contributed by atoms with Gasteiger partial charge in [-0.2, -0.15) is 13.2 Å². The fourth-order valence-electron chi connectivity index (χ4n) is 3.14. The van der Waals surface area contributed by atoms with Gasteiger partial charge in [-0.15, -0.1) is 0 Å². The van der Waals surface area contributed by atoms with Crippen LogP contribution in [0.3, 0.4) is 0 Å². The summed E-state index contributed by atoms with van der Waals surface area (Å²) in [5, 5.41) is 1.50. The number of anilines is 1. The van der Waals surface area contributed by atoms with Gasteiger partial charge in [0.15, 0.2) is 29.0 Å². The second kappa shape index (κ2) is 9.40. The first-order valence-corrected chi connectivity index (χ1v) is 9.87. The zero-order chi connectivity index (χ0) is 25.4. The Balaban J connectivity index is 1.79. The molecule has 0 atom stereocenters. The smallest absolute Gasteiger partial charge is 0.422 e. The van der Waals surface area contributed by atoms with Crippen LogP contribution in [0.2, 0.25) is 0 Å². The average molecular weight is 489 g/mol. The summed E-state index contributed by atoms with van der Waals surface area (Å²) in [5.41, 5.74) is -2.59. The van der Waals surface area contributed by atoms with Crippen LogP contribution in [0.5, 0.6) is 5.75 Å². The summed E-state index contributed by atoms with van der Waals surface area (Å²) in [7, 11) is 0. The Labute approximate surface area is 189 Å². The summed E-state index contributed by atoms with van der Waals surface area (Å²) >= 11 is 0. The van der Waals surface area contributed by atoms with Gasteiger partial charge < -0.3 is 14.5 Å². The van der Waals surface area contributed by atoms with Crippen LogP contribution in [0.15, 0.2) is 34.7 Å². The topological polar surface area (TPSA) is 51.5 Å². The Bertz CT molecular complexity index is 1200. The van der Waals surface area contributed by atoms with E-state index in [9.17, 15) is 35.5 Å². The molecule has 0 bridgehead atoms. The third-order valence-electron chi connectivity index (χ3n) is 4.83. The molecule has 1 aromatic heterocycles. The second-order valence-electron chi connectivity index (χ2n) is 7.71. The van der Waals surface area contributed by atoms with Gasteiger partial charge in [0.25, 0.3) is 5.91 Å². The van der Waals surface area contributed by atoms with Gasteiger partial charge in [-0.25, -0.2) is 17.6 Å². The van der Waals surface area contributed by atoms with E-state index in [2.05, 4.69) is 0 Å². The maximum atomic E-state index is 14.0. The van der Waals surface area contributed by atoms with Crippen molar-refractivity contribution >= 4 is 11.6 Å². The third-order valence-corrected chi connectivity index (χ3v) is 4.83. The molecule has 34 heavy (non-hydrogen) atoms. The fraction of sp³-hybridized carbons (Fsp3) is 0.261. The van der Waals surface area contributed by atoms with E-state index >= 15 is 0 Å². The van der Waals surface area contributed by atoms with Gasteiger partial charge in [0.05, 0.1) is 0 Å². The van der Waals surface area contributed by atoms with E-state index in [0.717, 1.165) is 17.2 Å². The molecule has 1 amide bonds. The molecule has 0 aliphatic heterocycles. The van der Waals surface area contributed by atoms with E-state index in [1.807, 2.05) is 39.0 Å². The van der Waals surface area contributed by atoms with Crippen LogP contribution in [0, 0.1) is 30.2 Å². The minimum Gasteiger partial charge on any atom is -0.485 e. The molecule has 3 aromatic rings.